The molecule has 96 valence electrons. The summed E-state index contributed by atoms with van der Waals surface area (Å²) >= 11 is 0. The van der Waals surface area contributed by atoms with E-state index in [1.54, 1.807) is 6.07 Å². The van der Waals surface area contributed by atoms with E-state index in [0.717, 1.165) is 4.68 Å². The van der Waals surface area contributed by atoms with Crippen molar-refractivity contribution in [3.8, 4) is 11.8 Å². The van der Waals surface area contributed by atoms with Gasteiger partial charge in [-0.3, -0.25) is 0 Å². The fourth-order valence-corrected chi connectivity index (χ4v) is 1.33. The van der Waals surface area contributed by atoms with E-state index < -0.39 is 11.6 Å². The van der Waals surface area contributed by atoms with Crippen molar-refractivity contribution in [3.63, 3.8) is 0 Å². The Bertz CT molecular complexity index is 589. The predicted molar refractivity (Wildman–Crippen MR) is 62.4 cm³/mol. The van der Waals surface area contributed by atoms with Crippen molar-refractivity contribution in [2.45, 2.75) is 13.8 Å². The molecule has 0 saturated heterocycles. The zero-order chi connectivity index (χ0) is 13.1. The number of benzene rings is 1. The Balaban J connectivity index is 2.30. The number of nitrogens with zero attached hydrogens (tertiary/aromatic N) is 2. The van der Waals surface area contributed by atoms with Gasteiger partial charge in [-0.2, -0.15) is 4.68 Å². The first-order valence-electron chi connectivity index (χ1n) is 5.56. The minimum absolute atomic E-state index is 0.0330. The van der Waals surface area contributed by atoms with Crippen LogP contribution < -0.4 is 10.5 Å². The molecule has 1 aromatic carbocycles. The first-order chi connectivity index (χ1) is 8.58. The van der Waals surface area contributed by atoms with Crippen molar-refractivity contribution >= 4 is 0 Å². The molecule has 0 fully saturated rings. The van der Waals surface area contributed by atoms with Gasteiger partial charge in [-0.15, -0.1) is 0 Å². The third-order valence-corrected chi connectivity index (χ3v) is 2.15. The van der Waals surface area contributed by atoms with E-state index >= 15 is 0 Å². The number of hydrogen-bond acceptors (Lipinski definition) is 4. The third kappa shape index (κ3) is 2.58. The summed E-state index contributed by atoms with van der Waals surface area (Å²) < 4.78 is 24.3. The Hall–Kier alpha value is -2.11. The van der Waals surface area contributed by atoms with Crippen molar-refractivity contribution in [1.29, 1.82) is 0 Å². The minimum Gasteiger partial charge on any atom is -0.449 e. The molecule has 6 heteroatoms. The fraction of sp³-hybridized carbons (Fsp3) is 0.333. The number of rotatable bonds is 4. The largest absolute Gasteiger partial charge is 0.449 e. The van der Waals surface area contributed by atoms with Gasteiger partial charge in [-0.1, -0.05) is 31.1 Å². The molecule has 0 radical (unpaired) electrons. The summed E-state index contributed by atoms with van der Waals surface area (Å²) in [6.07, 6.45) is -0.156. The maximum Gasteiger partial charge on any atom is 0.444 e. The second kappa shape index (κ2) is 5.03. The van der Waals surface area contributed by atoms with Gasteiger partial charge in [-0.25, -0.2) is 9.18 Å². The zero-order valence-corrected chi connectivity index (χ0v) is 10.1. The van der Waals surface area contributed by atoms with Crippen molar-refractivity contribution in [1.82, 2.24) is 9.78 Å². The summed E-state index contributed by atoms with van der Waals surface area (Å²) in [5.74, 6) is -1.06. The molecule has 0 spiro atoms. The molecule has 0 aliphatic heterocycles. The van der Waals surface area contributed by atoms with E-state index in [9.17, 15) is 9.18 Å². The van der Waals surface area contributed by atoms with Crippen LogP contribution in [0.4, 0.5) is 4.39 Å². The van der Waals surface area contributed by atoms with Crippen molar-refractivity contribution < 1.29 is 13.5 Å². The Morgan fingerprint density at radius 3 is 2.83 bits per heavy atom. The number of para-hydroxylation sites is 1. The standard InChI is InChI=1S/C12H13FN2O3/c1-8(2)7-17-11-14-15(12(16)18-11)10-6-4-3-5-9(10)13/h3-6,8H,7H2,1-2H3. The van der Waals surface area contributed by atoms with Gasteiger partial charge in [-0.05, 0) is 18.1 Å². The highest BCUT2D eigenvalue weighted by molar-refractivity contribution is 5.31. The molecule has 5 nitrogen and oxygen atoms in total. The number of aromatic nitrogens is 2. The van der Waals surface area contributed by atoms with Crippen molar-refractivity contribution in [2.24, 2.45) is 5.92 Å². The van der Waals surface area contributed by atoms with Crippen LogP contribution in [0.5, 0.6) is 6.08 Å². The van der Waals surface area contributed by atoms with Crippen molar-refractivity contribution in [2.75, 3.05) is 6.61 Å². The fourth-order valence-electron chi connectivity index (χ4n) is 1.33. The summed E-state index contributed by atoms with van der Waals surface area (Å²) in [4.78, 5) is 11.5. The van der Waals surface area contributed by atoms with E-state index in [4.69, 9.17) is 9.15 Å². The third-order valence-electron chi connectivity index (χ3n) is 2.15. The van der Waals surface area contributed by atoms with Gasteiger partial charge in [0.05, 0.1) is 6.61 Å². The average Bonchev–Trinajstić information content (AvgIpc) is 2.69. The van der Waals surface area contributed by atoms with Crippen LogP contribution in [0, 0.1) is 11.7 Å². The van der Waals surface area contributed by atoms with E-state index in [1.165, 1.54) is 18.2 Å². The van der Waals surface area contributed by atoms with E-state index in [1.807, 2.05) is 13.8 Å². The van der Waals surface area contributed by atoms with E-state index in [-0.39, 0.29) is 17.7 Å². The van der Waals surface area contributed by atoms with Gasteiger partial charge in [0.15, 0.2) is 0 Å². The lowest BCUT2D eigenvalue weighted by Gasteiger charge is -2.02. The number of halogens is 1. The van der Waals surface area contributed by atoms with Gasteiger partial charge in [0, 0.05) is 0 Å². The van der Waals surface area contributed by atoms with Crippen molar-refractivity contribution in [3.05, 3.63) is 40.6 Å². The Kier molecular flexibility index (Phi) is 3.45. The van der Waals surface area contributed by atoms with Crippen LogP contribution >= 0.6 is 0 Å². The lowest BCUT2D eigenvalue weighted by atomic mass is 10.2. The Morgan fingerprint density at radius 1 is 1.44 bits per heavy atom. The molecule has 1 heterocycles. The quantitative estimate of drug-likeness (QED) is 0.835. The van der Waals surface area contributed by atoms with Crippen LogP contribution in [-0.2, 0) is 0 Å². The number of hydrogen-bond donors (Lipinski definition) is 0. The van der Waals surface area contributed by atoms with Gasteiger partial charge in [0.1, 0.15) is 11.5 Å². The molecule has 0 bridgehead atoms. The predicted octanol–water partition coefficient (Wildman–Crippen LogP) is 2.00. The number of ether oxygens (including phenoxy) is 1. The highest BCUT2D eigenvalue weighted by Crippen LogP contribution is 2.12. The lowest BCUT2D eigenvalue weighted by Crippen LogP contribution is -2.14. The van der Waals surface area contributed by atoms with Gasteiger partial charge in [0.2, 0.25) is 0 Å². The minimum atomic E-state index is -0.779. The monoisotopic (exact) mass is 252 g/mol. The molecular weight excluding hydrogens is 239 g/mol. The molecule has 0 atom stereocenters. The molecule has 0 aliphatic rings. The topological polar surface area (TPSA) is 57.3 Å². The molecule has 2 aromatic rings. The summed E-state index contributed by atoms with van der Waals surface area (Å²) in [5.41, 5.74) is 0.0330. The summed E-state index contributed by atoms with van der Waals surface area (Å²) in [6.45, 7) is 4.27. The lowest BCUT2D eigenvalue weighted by molar-refractivity contribution is 0.198. The van der Waals surface area contributed by atoms with Gasteiger partial charge >= 0.3 is 11.8 Å². The van der Waals surface area contributed by atoms with Crippen LogP contribution in [-0.4, -0.2) is 16.4 Å². The highest BCUT2D eigenvalue weighted by Gasteiger charge is 2.14. The van der Waals surface area contributed by atoms with Gasteiger partial charge in [0.25, 0.3) is 0 Å². The Morgan fingerprint density at radius 2 is 2.17 bits per heavy atom. The van der Waals surface area contributed by atoms with E-state index in [0.29, 0.717) is 6.61 Å². The van der Waals surface area contributed by atoms with Crippen LogP contribution in [0.3, 0.4) is 0 Å². The molecular formula is C12H13FN2O3. The molecule has 18 heavy (non-hydrogen) atoms. The summed E-state index contributed by atoms with van der Waals surface area (Å²) in [7, 11) is 0. The maximum absolute atomic E-state index is 13.5. The Labute approximate surface area is 103 Å². The molecule has 0 N–H and O–H groups in total. The molecule has 0 amide bonds. The highest BCUT2D eigenvalue weighted by atomic mass is 19.1. The smallest absolute Gasteiger partial charge is 0.444 e. The van der Waals surface area contributed by atoms with Crippen LogP contribution in [0.1, 0.15) is 13.8 Å². The summed E-state index contributed by atoms with van der Waals surface area (Å²) in [5, 5.41) is 3.79. The summed E-state index contributed by atoms with van der Waals surface area (Å²) in [6, 6.07) is 5.81. The molecule has 0 unspecified atom stereocenters. The average molecular weight is 252 g/mol. The SMILES string of the molecule is CC(C)COc1nn(-c2ccccc2F)c(=O)o1. The molecule has 0 saturated carbocycles. The van der Waals surface area contributed by atoms with Crippen LogP contribution in [0.2, 0.25) is 0 Å². The molecule has 2 rings (SSSR count). The van der Waals surface area contributed by atoms with Gasteiger partial charge < -0.3 is 9.15 Å². The van der Waals surface area contributed by atoms with Crippen LogP contribution in [0.25, 0.3) is 5.69 Å². The molecule has 1 aromatic heterocycles. The zero-order valence-electron chi connectivity index (χ0n) is 10.1. The van der Waals surface area contributed by atoms with E-state index in [2.05, 4.69) is 5.10 Å². The first kappa shape index (κ1) is 12.3. The second-order valence-electron chi connectivity index (χ2n) is 4.20. The maximum atomic E-state index is 13.5. The molecule has 0 aliphatic carbocycles. The normalized spacial score (nSPS) is 10.9. The van der Waals surface area contributed by atoms with Crippen LogP contribution in [0.15, 0.2) is 33.5 Å². The second-order valence-corrected chi connectivity index (χ2v) is 4.20. The first-order valence-corrected chi connectivity index (χ1v) is 5.56.